The molecule has 0 aromatic heterocycles. The van der Waals surface area contributed by atoms with Crippen molar-refractivity contribution in [1.82, 2.24) is 0 Å². The second-order valence-electron chi connectivity index (χ2n) is 5.27. The topological polar surface area (TPSA) is 26.0 Å². The van der Waals surface area contributed by atoms with E-state index in [0.717, 1.165) is 10.9 Å². The van der Waals surface area contributed by atoms with Gasteiger partial charge in [0, 0.05) is 0 Å². The molecule has 0 aliphatic carbocycles. The van der Waals surface area contributed by atoms with Crippen LogP contribution in [0.5, 0.6) is 0 Å². The van der Waals surface area contributed by atoms with Crippen molar-refractivity contribution in [1.29, 1.82) is 0 Å². The van der Waals surface area contributed by atoms with Crippen LogP contribution >= 0.6 is 12.4 Å². The van der Waals surface area contributed by atoms with Crippen LogP contribution in [-0.2, 0) is 0 Å². The van der Waals surface area contributed by atoms with Crippen molar-refractivity contribution < 1.29 is 4.39 Å². The van der Waals surface area contributed by atoms with Crippen molar-refractivity contribution in [2.75, 3.05) is 6.67 Å². The van der Waals surface area contributed by atoms with Crippen LogP contribution in [0, 0.1) is 0 Å². The average Bonchev–Trinajstić information content (AvgIpc) is 2.51. The van der Waals surface area contributed by atoms with Crippen LogP contribution in [0.15, 0.2) is 54.6 Å². The van der Waals surface area contributed by atoms with Gasteiger partial charge in [0.2, 0.25) is 0 Å². The average molecular weight is 300 g/mol. The zero-order valence-corrected chi connectivity index (χ0v) is 12.2. The fourth-order valence-electron chi connectivity index (χ4n) is 3.16. The minimum atomic E-state index is -0.556. The summed E-state index contributed by atoms with van der Waals surface area (Å²) in [6.07, 6.45) is 0. The van der Waals surface area contributed by atoms with E-state index in [9.17, 15) is 4.39 Å². The number of rotatable bonds is 2. The molecule has 4 aromatic carbocycles. The summed E-state index contributed by atoms with van der Waals surface area (Å²) in [5.41, 5.74) is 6.80. The molecule has 1 atom stereocenters. The van der Waals surface area contributed by atoms with Gasteiger partial charge < -0.3 is 5.73 Å². The number of nitrogens with two attached hydrogens (primary N) is 1. The molecule has 0 fully saturated rings. The molecular formula is C18H15ClFN. The van der Waals surface area contributed by atoms with Crippen molar-refractivity contribution in [3.05, 3.63) is 60.2 Å². The first-order valence-electron chi connectivity index (χ1n) is 6.77. The summed E-state index contributed by atoms with van der Waals surface area (Å²) in [6, 6.07) is 18.1. The van der Waals surface area contributed by atoms with Gasteiger partial charge in [0.15, 0.2) is 0 Å². The van der Waals surface area contributed by atoms with E-state index in [1.54, 1.807) is 0 Å². The van der Waals surface area contributed by atoms with E-state index in [1.165, 1.54) is 26.9 Å². The molecule has 4 rings (SSSR count). The summed E-state index contributed by atoms with van der Waals surface area (Å²) >= 11 is 0. The molecule has 1 nitrogen and oxygen atoms in total. The molecule has 0 aliphatic rings. The Labute approximate surface area is 128 Å². The van der Waals surface area contributed by atoms with Gasteiger partial charge in [-0.1, -0.05) is 54.6 Å². The lowest BCUT2D eigenvalue weighted by Crippen LogP contribution is -2.12. The standard InChI is InChI=1S/C18H14FN.ClH/c19-10-16(20)14-8-6-13-5-4-11-2-1-3-12-7-9-15(14)18(13)17(11)12;/h1-9,16H,10,20H2;1H/t16-;/m1./s1. The molecule has 106 valence electrons. The van der Waals surface area contributed by atoms with Crippen molar-refractivity contribution in [3.63, 3.8) is 0 Å². The summed E-state index contributed by atoms with van der Waals surface area (Å²) < 4.78 is 13.0. The monoisotopic (exact) mass is 299 g/mol. The minimum Gasteiger partial charge on any atom is -0.322 e. The van der Waals surface area contributed by atoms with Crippen molar-refractivity contribution >= 4 is 44.7 Å². The van der Waals surface area contributed by atoms with E-state index in [4.69, 9.17) is 5.73 Å². The maximum absolute atomic E-state index is 13.0. The fraction of sp³-hybridized carbons (Fsp3) is 0.111. The lowest BCUT2D eigenvalue weighted by atomic mass is 9.90. The third-order valence-electron chi connectivity index (χ3n) is 4.13. The van der Waals surface area contributed by atoms with Gasteiger partial charge in [0.05, 0.1) is 6.04 Å². The quantitative estimate of drug-likeness (QED) is 0.519. The molecule has 0 amide bonds. The van der Waals surface area contributed by atoms with Gasteiger partial charge in [0.25, 0.3) is 0 Å². The van der Waals surface area contributed by atoms with Gasteiger partial charge in [-0.3, -0.25) is 0 Å². The van der Waals surface area contributed by atoms with Gasteiger partial charge >= 0.3 is 0 Å². The largest absolute Gasteiger partial charge is 0.322 e. The Hall–Kier alpha value is -1.90. The van der Waals surface area contributed by atoms with E-state index in [1.807, 2.05) is 12.1 Å². The molecule has 0 saturated heterocycles. The molecule has 0 bridgehead atoms. The third kappa shape index (κ3) is 1.95. The van der Waals surface area contributed by atoms with E-state index < -0.39 is 12.7 Å². The predicted molar refractivity (Wildman–Crippen MR) is 90.3 cm³/mol. The maximum atomic E-state index is 13.0. The lowest BCUT2D eigenvalue weighted by Gasteiger charge is -2.16. The molecule has 2 N–H and O–H groups in total. The highest BCUT2D eigenvalue weighted by Gasteiger charge is 2.14. The molecule has 0 aliphatic heterocycles. The Balaban J connectivity index is 0.00000132. The number of hydrogen-bond donors (Lipinski definition) is 1. The van der Waals surface area contributed by atoms with E-state index in [-0.39, 0.29) is 12.4 Å². The highest BCUT2D eigenvalue weighted by atomic mass is 35.5. The second kappa shape index (κ2) is 5.14. The second-order valence-corrected chi connectivity index (χ2v) is 5.27. The number of alkyl halides is 1. The van der Waals surface area contributed by atoms with Gasteiger partial charge in [0.1, 0.15) is 6.67 Å². The van der Waals surface area contributed by atoms with Crippen molar-refractivity contribution in [3.8, 4) is 0 Å². The zero-order valence-electron chi connectivity index (χ0n) is 11.3. The van der Waals surface area contributed by atoms with Crippen LogP contribution in [-0.4, -0.2) is 6.67 Å². The van der Waals surface area contributed by atoms with Crippen molar-refractivity contribution in [2.24, 2.45) is 5.73 Å². The van der Waals surface area contributed by atoms with Crippen LogP contribution in [0.3, 0.4) is 0 Å². The predicted octanol–water partition coefficient (Wildman–Crippen LogP) is 4.98. The van der Waals surface area contributed by atoms with E-state index >= 15 is 0 Å². The third-order valence-corrected chi connectivity index (χ3v) is 4.13. The van der Waals surface area contributed by atoms with Gasteiger partial charge in [-0.15, -0.1) is 12.4 Å². The fourth-order valence-corrected chi connectivity index (χ4v) is 3.16. The zero-order chi connectivity index (χ0) is 13.7. The van der Waals surface area contributed by atoms with Crippen LogP contribution in [0.4, 0.5) is 4.39 Å². The molecule has 0 spiro atoms. The Kier molecular flexibility index (Phi) is 3.44. The Morgan fingerprint density at radius 3 is 2.05 bits per heavy atom. The highest BCUT2D eigenvalue weighted by Crippen LogP contribution is 2.37. The summed E-state index contributed by atoms with van der Waals surface area (Å²) in [5, 5.41) is 7.12. The van der Waals surface area contributed by atoms with E-state index in [2.05, 4.69) is 42.5 Å². The van der Waals surface area contributed by atoms with Gasteiger partial charge in [-0.05, 0) is 37.9 Å². The summed E-state index contributed by atoms with van der Waals surface area (Å²) in [5.74, 6) is 0. The summed E-state index contributed by atoms with van der Waals surface area (Å²) in [7, 11) is 0. The van der Waals surface area contributed by atoms with Crippen LogP contribution in [0.2, 0.25) is 0 Å². The van der Waals surface area contributed by atoms with Gasteiger partial charge in [-0.25, -0.2) is 4.39 Å². The Morgan fingerprint density at radius 2 is 1.38 bits per heavy atom. The van der Waals surface area contributed by atoms with Crippen molar-refractivity contribution in [2.45, 2.75) is 6.04 Å². The first-order chi connectivity index (χ1) is 9.79. The number of benzene rings is 4. The van der Waals surface area contributed by atoms with E-state index in [0.29, 0.717) is 0 Å². The molecule has 0 radical (unpaired) electrons. The Bertz CT molecular complexity index is 903. The SMILES string of the molecule is Cl.N[C@H](CF)c1ccc2ccc3cccc4ccc1c2c34. The number of hydrogen-bond acceptors (Lipinski definition) is 1. The first kappa shape index (κ1) is 14.1. The van der Waals surface area contributed by atoms with Crippen LogP contribution in [0.25, 0.3) is 32.3 Å². The molecule has 3 heteroatoms. The van der Waals surface area contributed by atoms with Gasteiger partial charge in [-0.2, -0.15) is 0 Å². The highest BCUT2D eigenvalue weighted by molar-refractivity contribution is 6.23. The normalized spacial score (nSPS) is 12.9. The molecule has 0 saturated carbocycles. The molecular weight excluding hydrogens is 285 g/mol. The first-order valence-corrected chi connectivity index (χ1v) is 6.77. The molecule has 0 heterocycles. The smallest absolute Gasteiger partial charge is 0.109 e. The summed E-state index contributed by atoms with van der Waals surface area (Å²) in [4.78, 5) is 0. The Morgan fingerprint density at radius 1 is 0.810 bits per heavy atom. The van der Waals surface area contributed by atoms with Crippen LogP contribution < -0.4 is 5.73 Å². The minimum absolute atomic E-state index is 0. The molecule has 0 unspecified atom stereocenters. The van der Waals surface area contributed by atoms with Crippen LogP contribution in [0.1, 0.15) is 11.6 Å². The number of halogens is 2. The lowest BCUT2D eigenvalue weighted by molar-refractivity contribution is 0.438. The maximum Gasteiger partial charge on any atom is 0.109 e. The molecule has 21 heavy (non-hydrogen) atoms. The molecule has 4 aromatic rings. The summed E-state index contributed by atoms with van der Waals surface area (Å²) in [6.45, 7) is -0.538.